The summed E-state index contributed by atoms with van der Waals surface area (Å²) in [6, 6.07) is 7.35. The summed E-state index contributed by atoms with van der Waals surface area (Å²) in [4.78, 5) is 4.03. The van der Waals surface area contributed by atoms with Crippen molar-refractivity contribution in [2.24, 2.45) is 0 Å². The highest BCUT2D eigenvalue weighted by atomic mass is 79.9. The third-order valence-electron chi connectivity index (χ3n) is 2.27. The first kappa shape index (κ1) is 13.9. The molecule has 0 unspecified atom stereocenters. The minimum Gasteiger partial charge on any atom is -0.378 e. The molecule has 0 aliphatic heterocycles. The van der Waals surface area contributed by atoms with E-state index in [1.807, 2.05) is 18.2 Å². The molecular formula is C12H8BrCl3N2. The van der Waals surface area contributed by atoms with Crippen molar-refractivity contribution >= 4 is 56.4 Å². The van der Waals surface area contributed by atoms with Crippen molar-refractivity contribution < 1.29 is 0 Å². The second-order valence-electron chi connectivity index (χ2n) is 3.59. The first-order valence-corrected chi connectivity index (χ1v) is 6.98. The molecule has 1 aromatic carbocycles. The highest BCUT2D eigenvalue weighted by Gasteiger charge is 2.03. The molecule has 6 heteroatoms. The summed E-state index contributed by atoms with van der Waals surface area (Å²) in [6.07, 6.45) is 1.65. The number of nitrogens with zero attached hydrogens (tertiary/aromatic N) is 1. The minimum atomic E-state index is 0.429. The van der Waals surface area contributed by atoms with Crippen molar-refractivity contribution in [3.05, 3.63) is 55.7 Å². The molecule has 2 aromatic rings. The number of aromatic nitrogens is 1. The Morgan fingerprint density at radius 1 is 1.11 bits per heavy atom. The van der Waals surface area contributed by atoms with Gasteiger partial charge in [0.1, 0.15) is 0 Å². The van der Waals surface area contributed by atoms with E-state index in [0.29, 0.717) is 21.7 Å². The Morgan fingerprint density at radius 3 is 2.61 bits per heavy atom. The molecule has 0 aliphatic rings. The lowest BCUT2D eigenvalue weighted by Gasteiger charge is -2.09. The van der Waals surface area contributed by atoms with Crippen LogP contribution in [0, 0.1) is 0 Å². The molecule has 1 N–H and O–H groups in total. The lowest BCUT2D eigenvalue weighted by molar-refractivity contribution is 1.13. The van der Waals surface area contributed by atoms with Crippen molar-refractivity contribution in [3.63, 3.8) is 0 Å². The van der Waals surface area contributed by atoms with Crippen LogP contribution in [0.3, 0.4) is 0 Å². The molecule has 0 amide bonds. The summed E-state index contributed by atoms with van der Waals surface area (Å²) in [5.41, 5.74) is 1.78. The monoisotopic (exact) mass is 364 g/mol. The van der Waals surface area contributed by atoms with Crippen LogP contribution in [0.25, 0.3) is 0 Å². The maximum atomic E-state index is 5.98. The van der Waals surface area contributed by atoms with E-state index in [1.165, 1.54) is 0 Å². The minimum absolute atomic E-state index is 0.429. The van der Waals surface area contributed by atoms with E-state index in [0.717, 1.165) is 15.7 Å². The van der Waals surface area contributed by atoms with Crippen LogP contribution in [0.5, 0.6) is 0 Å². The van der Waals surface area contributed by atoms with Crippen molar-refractivity contribution in [1.82, 2.24) is 4.98 Å². The van der Waals surface area contributed by atoms with Gasteiger partial charge in [-0.3, -0.25) is 0 Å². The molecule has 94 valence electrons. The summed E-state index contributed by atoms with van der Waals surface area (Å²) in [5.74, 6) is 0. The second kappa shape index (κ2) is 6.11. The molecule has 0 bridgehead atoms. The van der Waals surface area contributed by atoms with Crippen LogP contribution in [-0.4, -0.2) is 4.98 Å². The molecule has 0 spiro atoms. The molecule has 0 saturated heterocycles. The standard InChI is InChI=1S/C12H8BrCl3N2/c13-8-4-11(12(16)18-6-8)17-5-7-1-2-9(14)10(15)3-7/h1-4,6,17H,5H2. The number of benzene rings is 1. The normalized spacial score (nSPS) is 10.4. The van der Waals surface area contributed by atoms with Crippen molar-refractivity contribution in [2.75, 3.05) is 5.32 Å². The number of hydrogen-bond donors (Lipinski definition) is 1. The number of nitrogens with one attached hydrogen (secondary N) is 1. The van der Waals surface area contributed by atoms with Gasteiger partial charge in [0, 0.05) is 17.2 Å². The lowest BCUT2D eigenvalue weighted by Crippen LogP contribution is -2.00. The molecule has 2 rings (SSSR count). The van der Waals surface area contributed by atoms with E-state index in [4.69, 9.17) is 34.8 Å². The highest BCUT2D eigenvalue weighted by Crippen LogP contribution is 2.25. The van der Waals surface area contributed by atoms with Crippen LogP contribution in [0.1, 0.15) is 5.56 Å². The van der Waals surface area contributed by atoms with Gasteiger partial charge < -0.3 is 5.32 Å². The summed E-state index contributed by atoms with van der Waals surface area (Å²) >= 11 is 21.1. The highest BCUT2D eigenvalue weighted by molar-refractivity contribution is 9.10. The lowest BCUT2D eigenvalue weighted by atomic mass is 10.2. The Labute approximate surface area is 128 Å². The van der Waals surface area contributed by atoms with E-state index in [9.17, 15) is 0 Å². The predicted molar refractivity (Wildman–Crippen MR) is 80.7 cm³/mol. The van der Waals surface area contributed by atoms with Crippen LogP contribution in [0.2, 0.25) is 15.2 Å². The molecule has 0 radical (unpaired) electrons. The topological polar surface area (TPSA) is 24.9 Å². The van der Waals surface area contributed by atoms with E-state index in [-0.39, 0.29) is 0 Å². The average Bonchev–Trinajstić information content (AvgIpc) is 2.34. The smallest absolute Gasteiger partial charge is 0.152 e. The van der Waals surface area contributed by atoms with Gasteiger partial charge in [0.2, 0.25) is 0 Å². The quantitative estimate of drug-likeness (QED) is 0.734. The summed E-state index contributed by atoms with van der Waals surface area (Å²) in [5, 5.41) is 4.70. The van der Waals surface area contributed by atoms with Crippen molar-refractivity contribution in [1.29, 1.82) is 0 Å². The zero-order chi connectivity index (χ0) is 13.1. The van der Waals surface area contributed by atoms with Crippen molar-refractivity contribution in [2.45, 2.75) is 6.54 Å². The largest absolute Gasteiger partial charge is 0.378 e. The van der Waals surface area contributed by atoms with Gasteiger partial charge in [0.15, 0.2) is 5.15 Å². The average molecular weight is 366 g/mol. The van der Waals surface area contributed by atoms with E-state index < -0.39 is 0 Å². The number of pyridine rings is 1. The molecule has 0 aliphatic carbocycles. The third kappa shape index (κ3) is 3.51. The van der Waals surface area contributed by atoms with Gasteiger partial charge >= 0.3 is 0 Å². The van der Waals surface area contributed by atoms with E-state index >= 15 is 0 Å². The van der Waals surface area contributed by atoms with E-state index in [2.05, 4.69) is 26.2 Å². The Balaban J connectivity index is 2.11. The van der Waals surface area contributed by atoms with Gasteiger partial charge in [0.05, 0.1) is 15.7 Å². The zero-order valence-electron chi connectivity index (χ0n) is 9.05. The Hall–Kier alpha value is -0.480. The van der Waals surface area contributed by atoms with Gasteiger partial charge in [-0.05, 0) is 39.7 Å². The SMILES string of the molecule is Clc1ccc(CNc2cc(Br)cnc2Cl)cc1Cl. The number of rotatable bonds is 3. The summed E-state index contributed by atoms with van der Waals surface area (Å²) in [7, 11) is 0. The Kier molecular flexibility index (Phi) is 4.73. The fraction of sp³-hybridized carbons (Fsp3) is 0.0833. The molecule has 2 nitrogen and oxygen atoms in total. The van der Waals surface area contributed by atoms with Gasteiger partial charge in [0.25, 0.3) is 0 Å². The van der Waals surface area contributed by atoms with Gasteiger partial charge in [-0.1, -0.05) is 40.9 Å². The molecule has 18 heavy (non-hydrogen) atoms. The van der Waals surface area contributed by atoms with E-state index in [1.54, 1.807) is 12.3 Å². The first-order valence-electron chi connectivity index (χ1n) is 5.05. The number of hydrogen-bond acceptors (Lipinski definition) is 2. The molecule has 0 atom stereocenters. The molecule has 1 heterocycles. The Bertz CT molecular complexity index is 575. The predicted octanol–water partition coefficient (Wildman–Crippen LogP) is 5.42. The van der Waals surface area contributed by atoms with Gasteiger partial charge in [-0.15, -0.1) is 0 Å². The van der Waals surface area contributed by atoms with Crippen LogP contribution in [0.4, 0.5) is 5.69 Å². The van der Waals surface area contributed by atoms with Crippen LogP contribution in [0.15, 0.2) is 34.9 Å². The van der Waals surface area contributed by atoms with Crippen LogP contribution >= 0.6 is 50.7 Å². The molecule has 0 fully saturated rings. The first-order chi connectivity index (χ1) is 8.56. The Morgan fingerprint density at radius 2 is 1.89 bits per heavy atom. The number of anilines is 1. The maximum absolute atomic E-state index is 5.98. The molecule has 1 aromatic heterocycles. The van der Waals surface area contributed by atoms with Crippen molar-refractivity contribution in [3.8, 4) is 0 Å². The second-order valence-corrected chi connectivity index (χ2v) is 5.68. The van der Waals surface area contributed by atoms with Crippen LogP contribution < -0.4 is 5.32 Å². The van der Waals surface area contributed by atoms with Crippen LogP contribution in [-0.2, 0) is 6.54 Å². The van der Waals surface area contributed by atoms with Gasteiger partial charge in [-0.25, -0.2) is 4.98 Å². The number of halogens is 4. The fourth-order valence-electron chi connectivity index (χ4n) is 1.39. The zero-order valence-corrected chi connectivity index (χ0v) is 12.9. The molecular weight excluding hydrogens is 358 g/mol. The summed E-state index contributed by atoms with van der Waals surface area (Å²) < 4.78 is 0.864. The third-order valence-corrected chi connectivity index (χ3v) is 3.75. The fourth-order valence-corrected chi connectivity index (χ4v) is 2.22. The van der Waals surface area contributed by atoms with Gasteiger partial charge in [-0.2, -0.15) is 0 Å². The molecule has 0 saturated carbocycles. The maximum Gasteiger partial charge on any atom is 0.152 e. The summed E-state index contributed by atoms with van der Waals surface area (Å²) in [6.45, 7) is 0.592.